The van der Waals surface area contributed by atoms with Gasteiger partial charge in [0.1, 0.15) is 0 Å². The van der Waals surface area contributed by atoms with Crippen molar-refractivity contribution in [1.29, 1.82) is 0 Å². The van der Waals surface area contributed by atoms with Gasteiger partial charge in [-0.15, -0.1) is 0 Å². The molecular formula is C26H35N3. The number of dihydropyridines is 1. The van der Waals surface area contributed by atoms with Crippen LogP contribution in [-0.4, -0.2) is 30.6 Å². The Morgan fingerprint density at radius 2 is 2.07 bits per heavy atom. The smallest absolute Gasteiger partial charge is 0.0417 e. The summed E-state index contributed by atoms with van der Waals surface area (Å²) in [5.41, 5.74) is 9.92. The minimum Gasteiger partial charge on any atom is -0.387 e. The van der Waals surface area contributed by atoms with E-state index in [-0.39, 0.29) is 0 Å². The highest BCUT2D eigenvalue weighted by molar-refractivity contribution is 5.68. The molecule has 1 fully saturated rings. The van der Waals surface area contributed by atoms with Crippen LogP contribution in [-0.2, 0) is 0 Å². The Kier molecular flexibility index (Phi) is 6.25. The number of nitrogens with one attached hydrogen (secondary N) is 2. The van der Waals surface area contributed by atoms with E-state index in [2.05, 4.69) is 78.9 Å². The van der Waals surface area contributed by atoms with Gasteiger partial charge in [-0.2, -0.15) is 0 Å². The summed E-state index contributed by atoms with van der Waals surface area (Å²) < 4.78 is 0. The zero-order valence-electron chi connectivity index (χ0n) is 18.2. The third kappa shape index (κ3) is 4.51. The summed E-state index contributed by atoms with van der Waals surface area (Å²) in [6.45, 7) is 9.92. The molecule has 0 bridgehead atoms. The van der Waals surface area contributed by atoms with Crippen LogP contribution in [0.15, 0.2) is 65.0 Å². The van der Waals surface area contributed by atoms with Crippen LogP contribution in [0, 0.1) is 6.92 Å². The van der Waals surface area contributed by atoms with E-state index in [1.165, 1.54) is 59.5 Å². The highest BCUT2D eigenvalue weighted by atomic mass is 15.2. The molecule has 1 atom stereocenters. The topological polar surface area (TPSA) is 27.3 Å². The van der Waals surface area contributed by atoms with Gasteiger partial charge in [-0.05, 0) is 62.7 Å². The van der Waals surface area contributed by atoms with Crippen molar-refractivity contribution < 1.29 is 0 Å². The largest absolute Gasteiger partial charge is 0.387 e. The fourth-order valence-electron chi connectivity index (χ4n) is 4.84. The van der Waals surface area contributed by atoms with Crippen LogP contribution in [0.2, 0.25) is 0 Å². The van der Waals surface area contributed by atoms with E-state index in [0.717, 1.165) is 25.9 Å². The first-order valence-electron chi connectivity index (χ1n) is 11.2. The van der Waals surface area contributed by atoms with Crippen molar-refractivity contribution >= 4 is 5.70 Å². The average Bonchev–Trinajstić information content (AvgIpc) is 2.75. The summed E-state index contributed by atoms with van der Waals surface area (Å²) in [5, 5.41) is 7.25. The van der Waals surface area contributed by atoms with Gasteiger partial charge in [0.05, 0.1) is 0 Å². The van der Waals surface area contributed by atoms with Gasteiger partial charge in [0.2, 0.25) is 0 Å². The highest BCUT2D eigenvalue weighted by Gasteiger charge is 2.29. The second-order valence-electron chi connectivity index (χ2n) is 8.65. The number of benzene rings is 1. The number of hydrogen-bond acceptors (Lipinski definition) is 3. The normalized spacial score (nSPS) is 23.1. The number of rotatable bonds is 5. The molecule has 2 aliphatic heterocycles. The van der Waals surface area contributed by atoms with Gasteiger partial charge in [0.25, 0.3) is 0 Å². The quantitative estimate of drug-likeness (QED) is 0.717. The third-order valence-electron chi connectivity index (χ3n) is 6.65. The predicted molar refractivity (Wildman–Crippen MR) is 123 cm³/mol. The lowest BCUT2D eigenvalue weighted by atomic mass is 9.84. The molecule has 0 saturated heterocycles. The number of fused-ring (bicyclic) bond motifs is 1. The van der Waals surface area contributed by atoms with E-state index >= 15 is 0 Å². The fourth-order valence-corrected chi connectivity index (χ4v) is 4.84. The molecule has 2 heterocycles. The summed E-state index contributed by atoms with van der Waals surface area (Å²) >= 11 is 0. The molecule has 29 heavy (non-hydrogen) atoms. The zero-order chi connectivity index (χ0) is 20.2. The molecule has 0 amide bonds. The molecule has 154 valence electrons. The Labute approximate surface area is 176 Å². The SMILES string of the molecule is CC/C=C(/NC1=C(C)CCN(C2CCC3=CCNC=C3C2)C1)c1ccccc1C. The second kappa shape index (κ2) is 9.04. The molecule has 1 aliphatic carbocycles. The minimum atomic E-state index is 0.653. The van der Waals surface area contributed by atoms with Crippen molar-refractivity contribution in [3.63, 3.8) is 0 Å². The minimum absolute atomic E-state index is 0.653. The molecule has 3 heteroatoms. The van der Waals surface area contributed by atoms with Gasteiger partial charge in [0.15, 0.2) is 0 Å². The maximum Gasteiger partial charge on any atom is 0.0417 e. The zero-order valence-corrected chi connectivity index (χ0v) is 18.2. The predicted octanol–water partition coefficient (Wildman–Crippen LogP) is 5.28. The Balaban J connectivity index is 1.49. The summed E-state index contributed by atoms with van der Waals surface area (Å²) in [4.78, 5) is 2.71. The Morgan fingerprint density at radius 1 is 1.21 bits per heavy atom. The molecule has 0 radical (unpaired) electrons. The van der Waals surface area contributed by atoms with Crippen molar-refractivity contribution in [2.45, 2.75) is 58.9 Å². The van der Waals surface area contributed by atoms with Crippen LogP contribution in [0.5, 0.6) is 0 Å². The monoisotopic (exact) mass is 389 g/mol. The Morgan fingerprint density at radius 3 is 2.90 bits per heavy atom. The van der Waals surface area contributed by atoms with Crippen LogP contribution in [0.3, 0.4) is 0 Å². The van der Waals surface area contributed by atoms with Crippen molar-refractivity contribution in [3.05, 3.63) is 76.2 Å². The van der Waals surface area contributed by atoms with Crippen LogP contribution in [0.25, 0.3) is 5.70 Å². The Hall–Kier alpha value is -2.26. The molecular weight excluding hydrogens is 354 g/mol. The van der Waals surface area contributed by atoms with Gasteiger partial charge in [-0.25, -0.2) is 0 Å². The molecule has 1 saturated carbocycles. The van der Waals surface area contributed by atoms with Gasteiger partial charge >= 0.3 is 0 Å². The molecule has 1 aromatic rings. The van der Waals surface area contributed by atoms with Gasteiger partial charge in [0, 0.05) is 48.8 Å². The summed E-state index contributed by atoms with van der Waals surface area (Å²) in [6.07, 6.45) is 12.8. The van der Waals surface area contributed by atoms with Gasteiger partial charge in [-0.1, -0.05) is 48.9 Å². The highest BCUT2D eigenvalue weighted by Crippen LogP contribution is 2.34. The maximum absolute atomic E-state index is 3.85. The van der Waals surface area contributed by atoms with Crippen LogP contribution >= 0.6 is 0 Å². The second-order valence-corrected chi connectivity index (χ2v) is 8.65. The fraction of sp³-hybridized carbons (Fsp3) is 0.462. The number of nitrogens with zero attached hydrogens (tertiary/aromatic N) is 1. The van der Waals surface area contributed by atoms with Crippen LogP contribution in [0.1, 0.15) is 57.1 Å². The third-order valence-corrected chi connectivity index (χ3v) is 6.65. The van der Waals surface area contributed by atoms with E-state index in [1.807, 2.05) is 0 Å². The lowest BCUT2D eigenvalue weighted by Crippen LogP contribution is -2.44. The maximum atomic E-state index is 3.85. The van der Waals surface area contributed by atoms with Crippen LogP contribution < -0.4 is 10.6 Å². The molecule has 2 N–H and O–H groups in total. The first kappa shape index (κ1) is 20.0. The van der Waals surface area contributed by atoms with E-state index in [9.17, 15) is 0 Å². The Bertz CT molecular complexity index is 872. The molecule has 0 aromatic heterocycles. The van der Waals surface area contributed by atoms with Crippen molar-refractivity contribution in [2.75, 3.05) is 19.6 Å². The van der Waals surface area contributed by atoms with E-state index in [0.29, 0.717) is 6.04 Å². The summed E-state index contributed by atoms with van der Waals surface area (Å²) in [5.74, 6) is 0. The molecule has 3 aliphatic rings. The molecule has 1 aromatic carbocycles. The van der Waals surface area contributed by atoms with Crippen molar-refractivity contribution in [2.24, 2.45) is 0 Å². The van der Waals surface area contributed by atoms with Crippen molar-refractivity contribution in [3.8, 4) is 0 Å². The first-order chi connectivity index (χ1) is 14.2. The molecule has 3 nitrogen and oxygen atoms in total. The van der Waals surface area contributed by atoms with Crippen LogP contribution in [0.4, 0.5) is 0 Å². The van der Waals surface area contributed by atoms with Gasteiger partial charge < -0.3 is 10.6 Å². The summed E-state index contributed by atoms with van der Waals surface area (Å²) in [7, 11) is 0. The molecule has 4 rings (SSSR count). The van der Waals surface area contributed by atoms with Gasteiger partial charge in [-0.3, -0.25) is 4.90 Å². The lowest BCUT2D eigenvalue weighted by molar-refractivity contribution is 0.184. The molecule has 0 spiro atoms. The number of aryl methyl sites for hydroxylation is 1. The first-order valence-corrected chi connectivity index (χ1v) is 11.2. The lowest BCUT2D eigenvalue weighted by Gasteiger charge is -2.40. The van der Waals surface area contributed by atoms with Crippen molar-refractivity contribution in [1.82, 2.24) is 15.5 Å². The average molecular weight is 390 g/mol. The summed E-state index contributed by atoms with van der Waals surface area (Å²) in [6, 6.07) is 9.35. The number of hydrogen-bond donors (Lipinski definition) is 2. The van der Waals surface area contributed by atoms with E-state index in [1.54, 1.807) is 5.57 Å². The van der Waals surface area contributed by atoms with E-state index in [4.69, 9.17) is 0 Å². The molecule has 1 unspecified atom stereocenters. The van der Waals surface area contributed by atoms with E-state index < -0.39 is 0 Å². The standard InChI is InChI=1S/C26H35N3/c1-4-7-25(24-9-6-5-8-19(24)2)28-26-18-29(15-13-20(26)3)23-11-10-21-12-14-27-17-22(21)16-23/h5-9,12,17,23,27-28H,4,10-11,13-16,18H2,1-3H3/b25-7+. The number of allylic oxidation sites excluding steroid dienone is 2.